The Hall–Kier alpha value is -3.27. The average molecular weight is 415 g/mol. The highest BCUT2D eigenvalue weighted by atomic mass is 16.5. The van der Waals surface area contributed by atoms with Crippen molar-refractivity contribution in [2.45, 2.75) is 32.0 Å². The van der Waals surface area contributed by atoms with Crippen molar-refractivity contribution in [3.63, 3.8) is 0 Å². The quantitative estimate of drug-likeness (QED) is 0.551. The highest BCUT2D eigenvalue weighted by Crippen LogP contribution is 2.26. The molecule has 10 nitrogen and oxygen atoms in total. The van der Waals surface area contributed by atoms with Gasteiger partial charge in [-0.2, -0.15) is 0 Å². The monoisotopic (exact) mass is 415 g/mol. The molecule has 1 aromatic carbocycles. The first kappa shape index (κ1) is 20.0. The molecule has 5 amide bonds. The lowest BCUT2D eigenvalue weighted by Crippen LogP contribution is -2.41. The van der Waals surface area contributed by atoms with Crippen LogP contribution in [0.15, 0.2) is 18.2 Å². The van der Waals surface area contributed by atoms with Gasteiger partial charge < -0.3 is 14.8 Å². The van der Waals surface area contributed by atoms with Gasteiger partial charge in [-0.25, -0.2) is 9.59 Å². The number of carbonyl (C=O) groups is 5. The summed E-state index contributed by atoms with van der Waals surface area (Å²) in [5.74, 6) is -2.36. The van der Waals surface area contributed by atoms with Crippen LogP contribution in [0.2, 0.25) is 0 Å². The smallest absolute Gasteiger partial charge is 0.338 e. The van der Waals surface area contributed by atoms with Crippen LogP contribution in [0.4, 0.5) is 4.79 Å². The number of fused-ring (bicyclic) bond motifs is 1. The van der Waals surface area contributed by atoms with E-state index in [-0.39, 0.29) is 35.9 Å². The van der Waals surface area contributed by atoms with Gasteiger partial charge in [0, 0.05) is 19.7 Å². The van der Waals surface area contributed by atoms with E-state index < -0.39 is 35.8 Å². The zero-order valence-electron chi connectivity index (χ0n) is 16.4. The first-order valence-corrected chi connectivity index (χ1v) is 9.79. The Morgan fingerprint density at radius 2 is 2.00 bits per heavy atom. The number of benzene rings is 1. The van der Waals surface area contributed by atoms with Crippen molar-refractivity contribution in [2.75, 3.05) is 26.2 Å². The van der Waals surface area contributed by atoms with Gasteiger partial charge in [0.25, 0.3) is 17.7 Å². The van der Waals surface area contributed by atoms with E-state index in [0.717, 1.165) is 22.6 Å². The van der Waals surface area contributed by atoms with Gasteiger partial charge in [0.2, 0.25) is 0 Å². The first-order valence-electron chi connectivity index (χ1n) is 9.79. The fraction of sp³-hybridized carbons (Fsp3) is 0.450. The predicted molar refractivity (Wildman–Crippen MR) is 101 cm³/mol. The van der Waals surface area contributed by atoms with Crippen LogP contribution in [0.5, 0.6) is 0 Å². The van der Waals surface area contributed by atoms with Crippen LogP contribution in [0.1, 0.15) is 50.8 Å². The lowest BCUT2D eigenvalue weighted by atomic mass is 10.1. The van der Waals surface area contributed by atoms with E-state index in [2.05, 4.69) is 5.32 Å². The number of amides is 5. The normalized spacial score (nSPS) is 21.6. The first-order chi connectivity index (χ1) is 14.4. The Bertz CT molecular complexity index is 938. The third-order valence-corrected chi connectivity index (χ3v) is 5.37. The minimum absolute atomic E-state index is 0.0411. The lowest BCUT2D eigenvalue weighted by molar-refractivity contribution is -0.136. The minimum Gasteiger partial charge on any atom is -0.449 e. The highest BCUT2D eigenvalue weighted by Gasteiger charge is 2.38. The van der Waals surface area contributed by atoms with Crippen molar-refractivity contribution in [1.29, 1.82) is 0 Å². The zero-order valence-corrected chi connectivity index (χ0v) is 16.4. The van der Waals surface area contributed by atoms with Gasteiger partial charge in [-0.3, -0.25) is 24.2 Å². The second-order valence-electron chi connectivity index (χ2n) is 7.39. The summed E-state index contributed by atoms with van der Waals surface area (Å²) in [6, 6.07) is 3.55. The number of imide groups is 2. The third kappa shape index (κ3) is 3.54. The van der Waals surface area contributed by atoms with Crippen LogP contribution in [0.3, 0.4) is 0 Å². The summed E-state index contributed by atoms with van der Waals surface area (Å²) in [5.41, 5.74) is 0.372. The SMILES string of the molecule is C[C@@H](OC(=O)c1ccc2c(c1)C(=O)N(C[C@H]1CCCO1)C2=O)C(=O)N1CCNC1=O. The molecule has 158 valence electrons. The number of hydrogen-bond donors (Lipinski definition) is 1. The second kappa shape index (κ2) is 7.86. The number of nitrogens with zero attached hydrogens (tertiary/aromatic N) is 2. The van der Waals surface area contributed by atoms with Crippen LogP contribution in [-0.2, 0) is 14.3 Å². The summed E-state index contributed by atoms with van der Waals surface area (Å²) in [6.07, 6.45) is 0.320. The van der Waals surface area contributed by atoms with Gasteiger partial charge in [-0.15, -0.1) is 0 Å². The van der Waals surface area contributed by atoms with Crippen molar-refractivity contribution >= 4 is 29.7 Å². The molecule has 0 saturated carbocycles. The van der Waals surface area contributed by atoms with Crippen molar-refractivity contribution in [3.05, 3.63) is 34.9 Å². The molecule has 0 aromatic heterocycles. The fourth-order valence-electron chi connectivity index (χ4n) is 3.76. The van der Waals surface area contributed by atoms with E-state index in [1.807, 2.05) is 0 Å². The molecule has 1 N–H and O–H groups in total. The van der Waals surface area contributed by atoms with Gasteiger partial charge in [-0.1, -0.05) is 0 Å². The van der Waals surface area contributed by atoms with E-state index >= 15 is 0 Å². The van der Waals surface area contributed by atoms with Crippen LogP contribution < -0.4 is 5.32 Å². The molecule has 1 aromatic rings. The van der Waals surface area contributed by atoms with Crippen molar-refractivity contribution in [3.8, 4) is 0 Å². The Balaban J connectivity index is 1.45. The molecule has 0 radical (unpaired) electrons. The Labute approximate surface area is 172 Å². The van der Waals surface area contributed by atoms with Gasteiger partial charge in [0.05, 0.1) is 29.3 Å². The maximum Gasteiger partial charge on any atom is 0.338 e. The topological polar surface area (TPSA) is 122 Å². The number of rotatable bonds is 5. The van der Waals surface area contributed by atoms with E-state index in [1.165, 1.54) is 25.1 Å². The molecule has 30 heavy (non-hydrogen) atoms. The molecule has 0 aliphatic carbocycles. The number of esters is 1. The van der Waals surface area contributed by atoms with Gasteiger partial charge in [-0.05, 0) is 38.0 Å². The molecule has 3 heterocycles. The van der Waals surface area contributed by atoms with Crippen LogP contribution in [0.25, 0.3) is 0 Å². The molecule has 3 aliphatic rings. The van der Waals surface area contributed by atoms with Crippen LogP contribution in [0, 0.1) is 0 Å². The van der Waals surface area contributed by atoms with Crippen molar-refractivity contribution in [1.82, 2.24) is 15.1 Å². The lowest BCUT2D eigenvalue weighted by Gasteiger charge is -2.18. The Morgan fingerprint density at radius 3 is 2.67 bits per heavy atom. The van der Waals surface area contributed by atoms with E-state index in [0.29, 0.717) is 13.2 Å². The van der Waals surface area contributed by atoms with Gasteiger partial charge in [0.15, 0.2) is 6.10 Å². The standard InChI is InChI=1S/C20H21N3O7/c1-11(16(24)22-7-6-21-20(22)28)30-19(27)12-4-5-14-15(9-12)18(26)23(17(14)25)10-13-3-2-8-29-13/h4-5,9,11,13H,2-3,6-8,10H2,1H3,(H,21,28)/t11-,13-/m1/s1. The Morgan fingerprint density at radius 1 is 1.23 bits per heavy atom. The van der Waals surface area contributed by atoms with Crippen molar-refractivity contribution < 1.29 is 33.4 Å². The molecule has 3 aliphatic heterocycles. The Kier molecular flexibility index (Phi) is 5.25. The summed E-state index contributed by atoms with van der Waals surface area (Å²) in [6.45, 7) is 2.71. The van der Waals surface area contributed by atoms with E-state index in [4.69, 9.17) is 9.47 Å². The molecular weight excluding hydrogens is 394 g/mol. The molecule has 2 atom stereocenters. The summed E-state index contributed by atoms with van der Waals surface area (Å²) in [5, 5.41) is 2.50. The molecule has 0 spiro atoms. The molecule has 0 unspecified atom stereocenters. The number of hydrogen-bond acceptors (Lipinski definition) is 7. The number of ether oxygens (including phenoxy) is 2. The molecule has 2 saturated heterocycles. The highest BCUT2D eigenvalue weighted by molar-refractivity contribution is 6.22. The largest absolute Gasteiger partial charge is 0.449 e. The maximum absolute atomic E-state index is 12.7. The minimum atomic E-state index is -1.18. The third-order valence-electron chi connectivity index (χ3n) is 5.37. The van der Waals surface area contributed by atoms with Crippen LogP contribution >= 0.6 is 0 Å². The number of urea groups is 1. The average Bonchev–Trinajstić information content (AvgIpc) is 3.45. The van der Waals surface area contributed by atoms with E-state index in [1.54, 1.807) is 0 Å². The molecule has 2 fully saturated rings. The number of carbonyl (C=O) groups excluding carboxylic acids is 5. The zero-order chi connectivity index (χ0) is 21.4. The second-order valence-corrected chi connectivity index (χ2v) is 7.39. The predicted octanol–water partition coefficient (Wildman–Crippen LogP) is 0.559. The van der Waals surface area contributed by atoms with Gasteiger partial charge in [0.1, 0.15) is 0 Å². The summed E-state index contributed by atoms with van der Waals surface area (Å²) in [4.78, 5) is 63.7. The molecule has 10 heteroatoms. The summed E-state index contributed by atoms with van der Waals surface area (Å²) < 4.78 is 10.7. The molecule has 0 bridgehead atoms. The molecule has 4 rings (SSSR count). The maximum atomic E-state index is 12.7. The number of nitrogens with one attached hydrogen (secondary N) is 1. The summed E-state index contributed by atoms with van der Waals surface area (Å²) >= 11 is 0. The fourth-order valence-corrected chi connectivity index (χ4v) is 3.76. The summed E-state index contributed by atoms with van der Waals surface area (Å²) in [7, 11) is 0. The van der Waals surface area contributed by atoms with Crippen molar-refractivity contribution in [2.24, 2.45) is 0 Å². The van der Waals surface area contributed by atoms with Gasteiger partial charge >= 0.3 is 12.0 Å². The molecular formula is C20H21N3O7. The van der Waals surface area contributed by atoms with E-state index in [9.17, 15) is 24.0 Å². The van der Waals surface area contributed by atoms with Crippen LogP contribution in [-0.4, -0.2) is 78.0 Å².